The molecule has 0 atom stereocenters. The number of anilines is 2. The summed E-state index contributed by atoms with van der Waals surface area (Å²) in [5, 5.41) is 7.10. The summed E-state index contributed by atoms with van der Waals surface area (Å²) in [5.74, 6) is 2.15. The first-order valence-electron chi connectivity index (χ1n) is 7.94. The van der Waals surface area contributed by atoms with Crippen LogP contribution in [0.2, 0.25) is 0 Å². The van der Waals surface area contributed by atoms with Crippen molar-refractivity contribution in [3.8, 4) is 11.4 Å². The second-order valence-corrected chi connectivity index (χ2v) is 5.68. The van der Waals surface area contributed by atoms with E-state index >= 15 is 0 Å². The lowest BCUT2D eigenvalue weighted by Gasteiger charge is -2.12. The van der Waals surface area contributed by atoms with E-state index in [2.05, 4.69) is 25.4 Å². The molecule has 2 heterocycles. The fourth-order valence-corrected chi connectivity index (χ4v) is 2.20. The Hall–Kier alpha value is -3.03. The van der Waals surface area contributed by atoms with Gasteiger partial charge >= 0.3 is 0 Å². The minimum absolute atomic E-state index is 0.293. The van der Waals surface area contributed by atoms with E-state index in [0.717, 1.165) is 17.8 Å². The van der Waals surface area contributed by atoms with Gasteiger partial charge in [0.25, 0.3) is 0 Å². The molecule has 0 aliphatic carbocycles. The molecular formula is C17H19FN6O. The molecule has 0 aliphatic rings. The first-order chi connectivity index (χ1) is 12.1. The van der Waals surface area contributed by atoms with Crippen molar-refractivity contribution >= 4 is 11.8 Å². The summed E-state index contributed by atoms with van der Waals surface area (Å²) in [6, 6.07) is 7.84. The van der Waals surface area contributed by atoms with E-state index in [-0.39, 0.29) is 5.82 Å². The third-order valence-electron chi connectivity index (χ3n) is 3.52. The summed E-state index contributed by atoms with van der Waals surface area (Å²) in [6.07, 6.45) is 3.15. The Balaban J connectivity index is 1.50. The van der Waals surface area contributed by atoms with Crippen molar-refractivity contribution in [1.29, 1.82) is 0 Å². The van der Waals surface area contributed by atoms with Crippen LogP contribution in [-0.2, 0) is 6.42 Å². The lowest BCUT2D eigenvalue weighted by molar-refractivity contribution is 0.377. The van der Waals surface area contributed by atoms with Crippen LogP contribution in [-0.4, -0.2) is 40.7 Å². The summed E-state index contributed by atoms with van der Waals surface area (Å²) in [4.78, 5) is 14.8. The van der Waals surface area contributed by atoms with E-state index in [1.807, 2.05) is 25.1 Å². The maximum absolute atomic E-state index is 12.9. The summed E-state index contributed by atoms with van der Waals surface area (Å²) < 4.78 is 18.2. The maximum Gasteiger partial charge on any atom is 0.227 e. The molecule has 0 unspecified atom stereocenters. The van der Waals surface area contributed by atoms with E-state index in [0.29, 0.717) is 30.6 Å². The van der Waals surface area contributed by atoms with Gasteiger partial charge in [-0.1, -0.05) is 5.16 Å². The predicted octanol–water partition coefficient (Wildman–Crippen LogP) is 2.78. The van der Waals surface area contributed by atoms with Crippen molar-refractivity contribution in [2.24, 2.45) is 0 Å². The summed E-state index contributed by atoms with van der Waals surface area (Å²) in [5.41, 5.74) is 0.725. The number of nitrogens with one attached hydrogen (secondary N) is 1. The van der Waals surface area contributed by atoms with Gasteiger partial charge in [-0.05, 0) is 36.8 Å². The molecule has 3 aromatic rings. The molecule has 2 aromatic heterocycles. The molecule has 0 radical (unpaired) electrons. The monoisotopic (exact) mass is 342 g/mol. The summed E-state index contributed by atoms with van der Waals surface area (Å²) in [7, 11) is 3.86. The van der Waals surface area contributed by atoms with Gasteiger partial charge in [0, 0.05) is 38.8 Å². The molecule has 3 rings (SSSR count). The molecule has 25 heavy (non-hydrogen) atoms. The normalized spacial score (nSPS) is 10.7. The van der Waals surface area contributed by atoms with Gasteiger partial charge in [-0.15, -0.1) is 0 Å². The Morgan fingerprint density at radius 2 is 1.92 bits per heavy atom. The highest BCUT2D eigenvalue weighted by Gasteiger charge is 2.08. The molecule has 0 saturated carbocycles. The van der Waals surface area contributed by atoms with E-state index in [1.54, 1.807) is 18.3 Å². The average molecular weight is 342 g/mol. The van der Waals surface area contributed by atoms with Crippen molar-refractivity contribution in [3.05, 3.63) is 48.2 Å². The van der Waals surface area contributed by atoms with E-state index < -0.39 is 0 Å². The molecule has 130 valence electrons. The maximum atomic E-state index is 12.9. The molecule has 0 spiro atoms. The first kappa shape index (κ1) is 16.8. The number of hydrogen-bond acceptors (Lipinski definition) is 7. The van der Waals surface area contributed by atoms with Gasteiger partial charge < -0.3 is 14.7 Å². The zero-order valence-corrected chi connectivity index (χ0v) is 14.1. The Labute approximate surface area is 144 Å². The Kier molecular flexibility index (Phi) is 5.17. The molecule has 0 fully saturated rings. The van der Waals surface area contributed by atoms with Crippen LogP contribution in [0.3, 0.4) is 0 Å². The molecule has 7 nitrogen and oxygen atoms in total. The number of hydrogen-bond donors (Lipinski definition) is 1. The molecule has 0 bridgehead atoms. The van der Waals surface area contributed by atoms with Crippen molar-refractivity contribution in [2.45, 2.75) is 12.8 Å². The minimum Gasteiger partial charge on any atom is -0.363 e. The zero-order chi connectivity index (χ0) is 17.6. The lowest BCUT2D eigenvalue weighted by atomic mass is 10.2. The van der Waals surface area contributed by atoms with Crippen molar-refractivity contribution in [2.75, 3.05) is 30.9 Å². The van der Waals surface area contributed by atoms with Crippen LogP contribution in [0, 0.1) is 5.82 Å². The molecule has 0 amide bonds. The zero-order valence-electron chi connectivity index (χ0n) is 14.1. The van der Waals surface area contributed by atoms with Gasteiger partial charge in [-0.3, -0.25) is 0 Å². The second kappa shape index (κ2) is 7.69. The summed E-state index contributed by atoms with van der Waals surface area (Å²) >= 11 is 0. The fourth-order valence-electron chi connectivity index (χ4n) is 2.20. The van der Waals surface area contributed by atoms with Crippen LogP contribution >= 0.6 is 0 Å². The van der Waals surface area contributed by atoms with E-state index in [4.69, 9.17) is 4.52 Å². The van der Waals surface area contributed by atoms with Crippen LogP contribution in [0.25, 0.3) is 11.4 Å². The molecule has 1 aromatic carbocycles. The van der Waals surface area contributed by atoms with Crippen molar-refractivity contribution < 1.29 is 8.91 Å². The third kappa shape index (κ3) is 4.50. The first-order valence-corrected chi connectivity index (χ1v) is 7.94. The SMILES string of the molecule is CN(C)c1ccnc(NCCCc2nc(-c3ccc(F)cc3)no2)n1. The number of aromatic nitrogens is 4. The smallest absolute Gasteiger partial charge is 0.227 e. The average Bonchev–Trinajstić information content (AvgIpc) is 3.08. The van der Waals surface area contributed by atoms with Crippen molar-refractivity contribution in [1.82, 2.24) is 20.1 Å². The molecule has 1 N–H and O–H groups in total. The van der Waals surface area contributed by atoms with Crippen LogP contribution in [0.4, 0.5) is 16.2 Å². The van der Waals surface area contributed by atoms with Gasteiger partial charge in [0.05, 0.1) is 0 Å². The largest absolute Gasteiger partial charge is 0.363 e. The Morgan fingerprint density at radius 3 is 2.68 bits per heavy atom. The lowest BCUT2D eigenvalue weighted by Crippen LogP contribution is -2.13. The van der Waals surface area contributed by atoms with Crippen LogP contribution < -0.4 is 10.2 Å². The highest BCUT2D eigenvalue weighted by molar-refractivity contribution is 5.53. The molecular weight excluding hydrogens is 323 g/mol. The van der Waals surface area contributed by atoms with Gasteiger partial charge in [0.15, 0.2) is 0 Å². The van der Waals surface area contributed by atoms with Gasteiger partial charge in [-0.25, -0.2) is 9.37 Å². The van der Waals surface area contributed by atoms with Crippen molar-refractivity contribution in [3.63, 3.8) is 0 Å². The van der Waals surface area contributed by atoms with Gasteiger partial charge in [0.1, 0.15) is 11.6 Å². The van der Waals surface area contributed by atoms with E-state index in [1.165, 1.54) is 12.1 Å². The molecule has 0 aliphatic heterocycles. The number of nitrogens with zero attached hydrogens (tertiary/aromatic N) is 5. The van der Waals surface area contributed by atoms with Gasteiger partial charge in [-0.2, -0.15) is 9.97 Å². The van der Waals surface area contributed by atoms with Gasteiger partial charge in [0.2, 0.25) is 17.7 Å². The highest BCUT2D eigenvalue weighted by Crippen LogP contribution is 2.16. The second-order valence-electron chi connectivity index (χ2n) is 5.68. The Morgan fingerprint density at radius 1 is 1.12 bits per heavy atom. The minimum atomic E-state index is -0.293. The third-order valence-corrected chi connectivity index (χ3v) is 3.52. The highest BCUT2D eigenvalue weighted by atomic mass is 19.1. The van der Waals surface area contributed by atoms with E-state index in [9.17, 15) is 4.39 Å². The number of aryl methyl sites for hydroxylation is 1. The molecule has 0 saturated heterocycles. The topological polar surface area (TPSA) is 80.0 Å². The number of rotatable bonds is 7. The van der Waals surface area contributed by atoms with Crippen LogP contribution in [0.15, 0.2) is 41.1 Å². The number of benzene rings is 1. The number of halogens is 1. The quantitative estimate of drug-likeness (QED) is 0.661. The van der Waals surface area contributed by atoms with Crippen LogP contribution in [0.1, 0.15) is 12.3 Å². The van der Waals surface area contributed by atoms with Crippen LogP contribution in [0.5, 0.6) is 0 Å². The predicted molar refractivity (Wildman–Crippen MR) is 92.9 cm³/mol. The standard InChI is InChI=1S/C17H19FN6O/c1-24(2)14-9-11-20-17(21-14)19-10-3-4-15-22-16(23-25-15)12-5-7-13(18)8-6-12/h5-9,11H,3-4,10H2,1-2H3,(H,19,20,21). The molecule has 8 heteroatoms. The summed E-state index contributed by atoms with van der Waals surface area (Å²) in [6.45, 7) is 0.686. The fraction of sp³-hybridized carbons (Fsp3) is 0.294. The Bertz CT molecular complexity index is 818.